The van der Waals surface area contributed by atoms with Crippen LogP contribution in [-0.4, -0.2) is 6.21 Å². The van der Waals surface area contributed by atoms with E-state index >= 15 is 0 Å². The minimum absolute atomic E-state index is 0.881. The van der Waals surface area contributed by atoms with E-state index in [1.165, 1.54) is 6.21 Å². The number of allylic oxidation sites excluding steroid dienone is 4. The molecule has 0 aliphatic heterocycles. The van der Waals surface area contributed by atoms with Crippen LogP contribution >= 0.6 is 0 Å². The Morgan fingerprint density at radius 3 is 2.64 bits per heavy atom. The quantitative estimate of drug-likeness (QED) is 0.546. The molecule has 0 fully saturated rings. The van der Waals surface area contributed by atoms with E-state index in [1.807, 2.05) is 36.4 Å². The molecule has 0 saturated carbocycles. The molecule has 0 spiro atoms. The second kappa shape index (κ2) is 4.97. The van der Waals surface area contributed by atoms with Crippen molar-refractivity contribution in [1.29, 1.82) is 5.41 Å². The Balaban J connectivity index is 3.05. The van der Waals surface area contributed by atoms with Crippen LogP contribution in [0.5, 0.6) is 0 Å². The molecule has 1 N–H and O–H groups in total. The summed E-state index contributed by atoms with van der Waals surface area (Å²) in [4.78, 5) is 0. The van der Waals surface area contributed by atoms with Crippen LogP contribution in [0.1, 0.15) is 11.1 Å². The zero-order valence-electron chi connectivity index (χ0n) is 8.03. The zero-order chi connectivity index (χ0) is 10.4. The number of nitrogens with one attached hydrogen (secondary N) is 1. The summed E-state index contributed by atoms with van der Waals surface area (Å²) in [5, 5.41) is 7.24. The van der Waals surface area contributed by atoms with E-state index in [-0.39, 0.29) is 0 Å². The molecule has 1 rings (SSSR count). The van der Waals surface area contributed by atoms with Gasteiger partial charge in [0, 0.05) is 6.21 Å². The molecular formula is C13H13N. The van der Waals surface area contributed by atoms with Crippen LogP contribution in [0, 0.1) is 5.41 Å². The van der Waals surface area contributed by atoms with E-state index in [0.29, 0.717) is 0 Å². The van der Waals surface area contributed by atoms with Gasteiger partial charge in [-0.3, -0.25) is 0 Å². The van der Waals surface area contributed by atoms with Gasteiger partial charge < -0.3 is 5.41 Å². The topological polar surface area (TPSA) is 23.9 Å². The van der Waals surface area contributed by atoms with Gasteiger partial charge in [0.25, 0.3) is 0 Å². The molecule has 1 heteroatoms. The van der Waals surface area contributed by atoms with Gasteiger partial charge >= 0.3 is 0 Å². The molecule has 0 bridgehead atoms. The van der Waals surface area contributed by atoms with Crippen molar-refractivity contribution in [3.05, 3.63) is 66.8 Å². The molecule has 0 aliphatic rings. The van der Waals surface area contributed by atoms with Gasteiger partial charge in [-0.1, -0.05) is 55.7 Å². The van der Waals surface area contributed by atoms with Crippen LogP contribution in [0.4, 0.5) is 0 Å². The molecule has 70 valence electrons. The summed E-state index contributed by atoms with van der Waals surface area (Å²) in [6, 6.07) is 7.70. The fourth-order valence-corrected chi connectivity index (χ4v) is 1.19. The summed E-state index contributed by atoms with van der Waals surface area (Å²) < 4.78 is 0. The summed E-state index contributed by atoms with van der Waals surface area (Å²) in [6.45, 7) is 7.53. The molecule has 0 amide bonds. The minimum atomic E-state index is 0.881. The molecule has 0 aromatic heterocycles. The Morgan fingerprint density at radius 2 is 2.00 bits per heavy atom. The van der Waals surface area contributed by atoms with Gasteiger partial charge in [-0.25, -0.2) is 0 Å². The highest BCUT2D eigenvalue weighted by molar-refractivity contribution is 5.88. The molecule has 14 heavy (non-hydrogen) atoms. The number of hydrogen-bond acceptors (Lipinski definition) is 1. The highest BCUT2D eigenvalue weighted by atomic mass is 14.3. The van der Waals surface area contributed by atoms with Crippen molar-refractivity contribution in [1.82, 2.24) is 0 Å². The number of rotatable bonds is 4. The first kappa shape index (κ1) is 10.2. The van der Waals surface area contributed by atoms with Gasteiger partial charge in [-0.2, -0.15) is 0 Å². The maximum atomic E-state index is 7.24. The van der Waals surface area contributed by atoms with Crippen LogP contribution < -0.4 is 0 Å². The molecule has 0 atom stereocenters. The van der Waals surface area contributed by atoms with Gasteiger partial charge in [0.05, 0.1) is 0 Å². The average molecular weight is 183 g/mol. The van der Waals surface area contributed by atoms with Crippen molar-refractivity contribution < 1.29 is 0 Å². The largest absolute Gasteiger partial charge is 0.308 e. The van der Waals surface area contributed by atoms with Crippen LogP contribution in [0.15, 0.2) is 55.7 Å². The van der Waals surface area contributed by atoms with Crippen molar-refractivity contribution in [3.63, 3.8) is 0 Å². The standard InChI is InChI=1S/C13H13N/c1-3-4-7-11(2)13-9-6-5-8-12(13)10-14/h3-10,14H,1-2H2/b7-4-,14-10?. The molecule has 1 nitrogen and oxygen atoms in total. The van der Waals surface area contributed by atoms with Gasteiger partial charge in [0.1, 0.15) is 0 Å². The van der Waals surface area contributed by atoms with Gasteiger partial charge in [0.2, 0.25) is 0 Å². The summed E-state index contributed by atoms with van der Waals surface area (Å²) in [7, 11) is 0. The lowest BCUT2D eigenvalue weighted by Gasteiger charge is -2.03. The summed E-state index contributed by atoms with van der Waals surface area (Å²) in [6.07, 6.45) is 6.76. The first-order valence-corrected chi connectivity index (χ1v) is 4.37. The zero-order valence-corrected chi connectivity index (χ0v) is 8.03. The molecule has 0 radical (unpaired) electrons. The normalized spacial score (nSPS) is 10.0. The third-order valence-corrected chi connectivity index (χ3v) is 1.90. The van der Waals surface area contributed by atoms with E-state index in [4.69, 9.17) is 5.41 Å². The Hall–Kier alpha value is -1.89. The van der Waals surface area contributed by atoms with Crippen molar-refractivity contribution in [2.24, 2.45) is 0 Å². The summed E-state index contributed by atoms with van der Waals surface area (Å²) in [5.74, 6) is 0. The highest BCUT2D eigenvalue weighted by Gasteiger charge is 1.99. The lowest BCUT2D eigenvalue weighted by Crippen LogP contribution is -1.88. The smallest absolute Gasteiger partial charge is 0.0256 e. The van der Waals surface area contributed by atoms with Gasteiger partial charge in [-0.05, 0) is 16.7 Å². The predicted molar refractivity (Wildman–Crippen MR) is 62.7 cm³/mol. The van der Waals surface area contributed by atoms with Gasteiger partial charge in [-0.15, -0.1) is 0 Å². The van der Waals surface area contributed by atoms with Crippen molar-refractivity contribution >= 4 is 11.8 Å². The number of benzene rings is 1. The summed E-state index contributed by atoms with van der Waals surface area (Å²) >= 11 is 0. The molecule has 1 aromatic carbocycles. The second-order valence-electron chi connectivity index (χ2n) is 2.85. The second-order valence-corrected chi connectivity index (χ2v) is 2.85. The Morgan fingerprint density at radius 1 is 1.29 bits per heavy atom. The fraction of sp³-hybridized carbons (Fsp3) is 0. The maximum absolute atomic E-state index is 7.24. The Kier molecular flexibility index (Phi) is 3.62. The SMILES string of the molecule is C=C/C=C\C(=C)c1ccccc1C=N. The van der Waals surface area contributed by atoms with Crippen LogP contribution in [0.25, 0.3) is 5.57 Å². The van der Waals surface area contributed by atoms with E-state index < -0.39 is 0 Å². The van der Waals surface area contributed by atoms with Crippen LogP contribution in [0.2, 0.25) is 0 Å². The fourth-order valence-electron chi connectivity index (χ4n) is 1.19. The molecule has 0 saturated heterocycles. The third kappa shape index (κ3) is 2.30. The Labute approximate surface area is 84.6 Å². The van der Waals surface area contributed by atoms with Crippen molar-refractivity contribution in [2.75, 3.05) is 0 Å². The number of hydrogen-bond donors (Lipinski definition) is 1. The highest BCUT2D eigenvalue weighted by Crippen LogP contribution is 2.17. The molecule has 0 heterocycles. The van der Waals surface area contributed by atoms with E-state index in [1.54, 1.807) is 6.08 Å². The lowest BCUT2D eigenvalue weighted by atomic mass is 10.0. The van der Waals surface area contributed by atoms with E-state index in [9.17, 15) is 0 Å². The van der Waals surface area contributed by atoms with Crippen LogP contribution in [0.3, 0.4) is 0 Å². The molecule has 0 aliphatic carbocycles. The predicted octanol–water partition coefficient (Wildman–Crippen LogP) is 3.44. The third-order valence-electron chi connectivity index (χ3n) is 1.90. The molecule has 1 aromatic rings. The maximum Gasteiger partial charge on any atom is 0.0256 e. The van der Waals surface area contributed by atoms with Crippen LogP contribution in [-0.2, 0) is 0 Å². The molecule has 0 unspecified atom stereocenters. The molecular weight excluding hydrogens is 170 g/mol. The van der Waals surface area contributed by atoms with E-state index in [0.717, 1.165) is 16.7 Å². The summed E-state index contributed by atoms with van der Waals surface area (Å²) in [5.41, 5.74) is 2.76. The minimum Gasteiger partial charge on any atom is -0.308 e. The monoisotopic (exact) mass is 183 g/mol. The average Bonchev–Trinajstić information content (AvgIpc) is 2.25. The lowest BCUT2D eigenvalue weighted by molar-refractivity contribution is 1.52. The van der Waals surface area contributed by atoms with Crippen molar-refractivity contribution in [2.45, 2.75) is 0 Å². The van der Waals surface area contributed by atoms with E-state index in [2.05, 4.69) is 13.2 Å². The Bertz CT molecular complexity index is 386. The first-order chi connectivity index (χ1) is 6.79. The van der Waals surface area contributed by atoms with Crippen molar-refractivity contribution in [3.8, 4) is 0 Å². The van der Waals surface area contributed by atoms with Gasteiger partial charge in [0.15, 0.2) is 0 Å². The first-order valence-electron chi connectivity index (χ1n) is 4.37.